The Bertz CT molecular complexity index is 1280. The van der Waals surface area contributed by atoms with E-state index in [0.29, 0.717) is 31.1 Å². The van der Waals surface area contributed by atoms with Crippen LogP contribution in [0.15, 0.2) is 72.8 Å². The van der Waals surface area contributed by atoms with Crippen molar-refractivity contribution in [2.75, 3.05) is 18.6 Å². The van der Waals surface area contributed by atoms with E-state index in [2.05, 4.69) is 91.7 Å². The Morgan fingerprint density at radius 1 is 1.03 bits per heavy atom. The maximum absolute atomic E-state index is 12.6. The van der Waals surface area contributed by atoms with Crippen molar-refractivity contribution in [1.82, 2.24) is 5.32 Å². The molecule has 2 heterocycles. The summed E-state index contributed by atoms with van der Waals surface area (Å²) >= 11 is 0. The van der Waals surface area contributed by atoms with Gasteiger partial charge in [0.2, 0.25) is 5.91 Å². The van der Waals surface area contributed by atoms with Crippen molar-refractivity contribution in [2.24, 2.45) is 0 Å². The SMILES string of the molecule is COc1cc(/C=C/[C@@]23NC(=O)CCN2c2ccccc2C3(C)C)ccc1OCc1ccc(C)cc1. The van der Waals surface area contributed by atoms with Gasteiger partial charge in [-0.1, -0.05) is 74.0 Å². The molecule has 1 amide bonds. The number of methoxy groups -OCH3 is 1. The van der Waals surface area contributed by atoms with Gasteiger partial charge in [-0.25, -0.2) is 0 Å². The van der Waals surface area contributed by atoms with Crippen molar-refractivity contribution in [2.45, 2.75) is 44.9 Å². The first-order valence-corrected chi connectivity index (χ1v) is 12.1. The summed E-state index contributed by atoms with van der Waals surface area (Å²) in [6.45, 7) is 7.63. The number of carbonyl (C=O) groups is 1. The van der Waals surface area contributed by atoms with Crippen LogP contribution >= 0.6 is 0 Å². The van der Waals surface area contributed by atoms with Crippen LogP contribution in [-0.4, -0.2) is 25.2 Å². The van der Waals surface area contributed by atoms with Gasteiger partial charge in [0, 0.05) is 24.1 Å². The Hall–Kier alpha value is -3.73. The molecule has 0 radical (unpaired) electrons. The second-order valence-electron chi connectivity index (χ2n) is 9.88. The molecule has 35 heavy (non-hydrogen) atoms. The van der Waals surface area contributed by atoms with Gasteiger partial charge in [0.15, 0.2) is 11.5 Å². The number of rotatable bonds is 6. The lowest BCUT2D eigenvalue weighted by atomic mass is 9.74. The molecule has 2 aliphatic rings. The second-order valence-corrected chi connectivity index (χ2v) is 9.88. The van der Waals surface area contributed by atoms with E-state index in [9.17, 15) is 4.79 Å². The molecule has 0 aliphatic carbocycles. The summed E-state index contributed by atoms with van der Waals surface area (Å²) in [6.07, 6.45) is 4.69. The number of nitrogens with zero attached hydrogens (tertiary/aromatic N) is 1. The molecule has 5 rings (SSSR count). The lowest BCUT2D eigenvalue weighted by molar-refractivity contribution is -0.124. The Kier molecular flexibility index (Phi) is 5.79. The zero-order chi connectivity index (χ0) is 24.6. The smallest absolute Gasteiger partial charge is 0.223 e. The summed E-state index contributed by atoms with van der Waals surface area (Å²) in [5.74, 6) is 1.45. The van der Waals surface area contributed by atoms with Crippen molar-refractivity contribution in [3.8, 4) is 11.5 Å². The molecule has 0 aromatic heterocycles. The minimum absolute atomic E-state index is 0.0733. The molecule has 1 saturated heterocycles. The summed E-state index contributed by atoms with van der Waals surface area (Å²) in [5.41, 5.74) is 4.78. The van der Waals surface area contributed by atoms with E-state index < -0.39 is 5.66 Å². The fourth-order valence-electron chi connectivity index (χ4n) is 5.29. The van der Waals surface area contributed by atoms with Gasteiger partial charge in [-0.3, -0.25) is 4.79 Å². The monoisotopic (exact) mass is 468 g/mol. The molecular weight excluding hydrogens is 436 g/mol. The summed E-state index contributed by atoms with van der Waals surface area (Å²) in [7, 11) is 1.65. The largest absolute Gasteiger partial charge is 0.493 e. The topological polar surface area (TPSA) is 50.8 Å². The molecule has 0 spiro atoms. The minimum Gasteiger partial charge on any atom is -0.493 e. The Morgan fingerprint density at radius 3 is 2.57 bits per heavy atom. The standard InChI is InChI=1S/C30H32N2O3/c1-21-9-11-23(12-10-21)20-35-26-14-13-22(19-27(26)34-4)15-17-30-29(2,3)24-7-5-6-8-25(24)32(30)18-16-28(33)31-30/h5-15,17,19H,16,18,20H2,1-4H3,(H,31,33)/b17-15+/t30-/m1/s1. The third-order valence-electron chi connectivity index (χ3n) is 7.36. The molecule has 5 heteroatoms. The lowest BCUT2D eigenvalue weighted by Gasteiger charge is -2.49. The number of amides is 1. The van der Waals surface area contributed by atoms with Crippen LogP contribution in [0, 0.1) is 6.92 Å². The van der Waals surface area contributed by atoms with Gasteiger partial charge >= 0.3 is 0 Å². The second kappa shape index (κ2) is 8.81. The highest BCUT2D eigenvalue weighted by atomic mass is 16.5. The van der Waals surface area contributed by atoms with Crippen molar-refractivity contribution < 1.29 is 14.3 Å². The predicted molar refractivity (Wildman–Crippen MR) is 140 cm³/mol. The number of nitrogens with one attached hydrogen (secondary N) is 1. The summed E-state index contributed by atoms with van der Waals surface area (Å²) in [4.78, 5) is 14.9. The first kappa shape index (κ1) is 23.0. The van der Waals surface area contributed by atoms with E-state index >= 15 is 0 Å². The van der Waals surface area contributed by atoms with Gasteiger partial charge in [-0.15, -0.1) is 0 Å². The van der Waals surface area contributed by atoms with Gasteiger partial charge in [-0.05, 0) is 47.9 Å². The number of hydrogen-bond acceptors (Lipinski definition) is 4. The van der Waals surface area contributed by atoms with Crippen LogP contribution in [0.2, 0.25) is 0 Å². The van der Waals surface area contributed by atoms with E-state index in [1.54, 1.807) is 7.11 Å². The summed E-state index contributed by atoms with van der Waals surface area (Å²) in [6, 6.07) is 22.7. The van der Waals surface area contributed by atoms with Gasteiger partial charge in [0.05, 0.1) is 7.11 Å². The molecule has 0 bridgehead atoms. The van der Waals surface area contributed by atoms with Crippen LogP contribution in [0.3, 0.4) is 0 Å². The average Bonchev–Trinajstić information content (AvgIpc) is 3.06. The number of aryl methyl sites for hydroxylation is 1. The van der Waals surface area contributed by atoms with Gasteiger partial charge in [0.25, 0.3) is 0 Å². The van der Waals surface area contributed by atoms with E-state index in [-0.39, 0.29) is 11.3 Å². The number of anilines is 1. The van der Waals surface area contributed by atoms with E-state index in [4.69, 9.17) is 9.47 Å². The number of benzene rings is 3. The third kappa shape index (κ3) is 3.95. The number of para-hydroxylation sites is 1. The van der Waals surface area contributed by atoms with Crippen molar-refractivity contribution >= 4 is 17.7 Å². The van der Waals surface area contributed by atoms with Gasteiger partial charge < -0.3 is 19.7 Å². The van der Waals surface area contributed by atoms with Crippen molar-refractivity contribution in [1.29, 1.82) is 0 Å². The number of fused-ring (bicyclic) bond motifs is 3. The first-order chi connectivity index (χ1) is 16.8. The molecule has 1 fully saturated rings. The predicted octanol–water partition coefficient (Wildman–Crippen LogP) is 5.61. The summed E-state index contributed by atoms with van der Waals surface area (Å²) in [5, 5.41) is 3.33. The van der Waals surface area contributed by atoms with Crippen LogP contribution in [0.25, 0.3) is 6.08 Å². The average molecular weight is 469 g/mol. The highest BCUT2D eigenvalue weighted by Crippen LogP contribution is 2.52. The highest BCUT2D eigenvalue weighted by Gasteiger charge is 2.57. The Labute approximate surface area is 207 Å². The molecule has 1 atom stereocenters. The number of carbonyl (C=O) groups excluding carboxylic acids is 1. The van der Waals surface area contributed by atoms with Crippen molar-refractivity contribution in [3.63, 3.8) is 0 Å². The fourth-order valence-corrected chi connectivity index (χ4v) is 5.29. The van der Waals surface area contributed by atoms with Crippen LogP contribution in [0.5, 0.6) is 11.5 Å². The molecule has 0 saturated carbocycles. The Morgan fingerprint density at radius 2 is 1.80 bits per heavy atom. The number of ether oxygens (including phenoxy) is 2. The zero-order valence-corrected chi connectivity index (χ0v) is 20.8. The molecule has 5 nitrogen and oxygen atoms in total. The van der Waals surface area contributed by atoms with Crippen LogP contribution in [0.4, 0.5) is 5.69 Å². The maximum Gasteiger partial charge on any atom is 0.223 e. The third-order valence-corrected chi connectivity index (χ3v) is 7.36. The van der Waals surface area contributed by atoms with Crippen molar-refractivity contribution in [3.05, 3.63) is 95.1 Å². The van der Waals surface area contributed by atoms with Crippen LogP contribution < -0.4 is 19.7 Å². The normalized spacial score (nSPS) is 20.3. The molecule has 2 aliphatic heterocycles. The summed E-state index contributed by atoms with van der Waals surface area (Å²) < 4.78 is 11.7. The molecule has 180 valence electrons. The molecule has 3 aromatic rings. The minimum atomic E-state index is -0.639. The Balaban J connectivity index is 1.43. The fraction of sp³-hybridized carbons (Fsp3) is 0.300. The van der Waals surface area contributed by atoms with Crippen LogP contribution in [-0.2, 0) is 16.8 Å². The van der Waals surface area contributed by atoms with Gasteiger partial charge in [0.1, 0.15) is 12.3 Å². The highest BCUT2D eigenvalue weighted by molar-refractivity contribution is 5.84. The quantitative estimate of drug-likeness (QED) is 0.511. The molecule has 0 unspecified atom stereocenters. The molecule has 3 aromatic carbocycles. The van der Waals surface area contributed by atoms with Gasteiger partial charge in [-0.2, -0.15) is 0 Å². The number of hydrogen-bond donors (Lipinski definition) is 1. The van der Waals surface area contributed by atoms with Crippen LogP contribution in [0.1, 0.15) is 42.5 Å². The first-order valence-electron chi connectivity index (χ1n) is 12.1. The van der Waals surface area contributed by atoms with E-state index in [0.717, 1.165) is 11.1 Å². The van der Waals surface area contributed by atoms with E-state index in [1.807, 2.05) is 18.2 Å². The molecule has 1 N–H and O–H groups in total. The maximum atomic E-state index is 12.6. The van der Waals surface area contributed by atoms with E-state index in [1.165, 1.54) is 16.8 Å². The lowest BCUT2D eigenvalue weighted by Crippen LogP contribution is -2.68. The molecular formula is C30H32N2O3. The zero-order valence-electron chi connectivity index (χ0n) is 20.8.